The minimum absolute atomic E-state index is 0.128. The minimum atomic E-state index is -0.321. The number of nitrogen functional groups attached to an aromatic ring is 1. The van der Waals surface area contributed by atoms with Crippen molar-refractivity contribution in [2.24, 2.45) is 5.92 Å². The Balaban J connectivity index is 2.03. The molecule has 1 saturated carbocycles. The largest absolute Gasteiger partial charge is 0.493 e. The third-order valence-corrected chi connectivity index (χ3v) is 3.98. The zero-order valence-electron chi connectivity index (χ0n) is 12.5. The first kappa shape index (κ1) is 15.6. The van der Waals surface area contributed by atoms with Gasteiger partial charge >= 0.3 is 0 Å². The molecule has 0 saturated heterocycles. The summed E-state index contributed by atoms with van der Waals surface area (Å²) in [4.78, 5) is 12.4. The van der Waals surface area contributed by atoms with E-state index in [4.69, 9.17) is 10.5 Å². The van der Waals surface area contributed by atoms with Gasteiger partial charge in [0.25, 0.3) is 5.91 Å². The van der Waals surface area contributed by atoms with Crippen LogP contribution in [0.1, 0.15) is 43.0 Å². The fourth-order valence-corrected chi connectivity index (χ4v) is 2.81. The smallest absolute Gasteiger partial charge is 0.257 e. The first-order valence-electron chi connectivity index (χ1n) is 7.61. The summed E-state index contributed by atoms with van der Waals surface area (Å²) in [5, 5.41) is 12.8. The number of carbonyl (C=O) groups is 1. The Morgan fingerprint density at radius 1 is 1.43 bits per heavy atom. The molecule has 1 aliphatic rings. The lowest BCUT2D eigenvalue weighted by molar-refractivity contribution is 0.0662. The van der Waals surface area contributed by atoms with Crippen LogP contribution in [0.2, 0.25) is 0 Å². The maximum Gasteiger partial charge on any atom is 0.257 e. The van der Waals surface area contributed by atoms with Gasteiger partial charge in [0.2, 0.25) is 0 Å². The first-order valence-corrected chi connectivity index (χ1v) is 7.61. The van der Waals surface area contributed by atoms with E-state index in [1.54, 1.807) is 18.2 Å². The van der Waals surface area contributed by atoms with E-state index in [1.807, 2.05) is 6.92 Å². The van der Waals surface area contributed by atoms with Gasteiger partial charge in [-0.1, -0.05) is 18.9 Å². The van der Waals surface area contributed by atoms with E-state index in [2.05, 4.69) is 5.32 Å². The maximum atomic E-state index is 12.4. The molecule has 116 valence electrons. The molecule has 0 heterocycles. The number of aliphatic hydroxyl groups is 1. The number of rotatable bonds is 5. The van der Waals surface area contributed by atoms with E-state index in [0.717, 1.165) is 25.7 Å². The van der Waals surface area contributed by atoms with Crippen molar-refractivity contribution in [2.75, 3.05) is 18.9 Å². The van der Waals surface area contributed by atoms with Crippen LogP contribution in [0, 0.1) is 5.92 Å². The highest BCUT2D eigenvalue weighted by Crippen LogP contribution is 2.26. The zero-order valence-corrected chi connectivity index (χ0v) is 12.5. The molecular weight excluding hydrogens is 268 g/mol. The average molecular weight is 292 g/mol. The van der Waals surface area contributed by atoms with E-state index >= 15 is 0 Å². The molecule has 0 radical (unpaired) electrons. The van der Waals surface area contributed by atoms with Crippen molar-refractivity contribution in [2.45, 2.75) is 38.7 Å². The number of hydrogen-bond acceptors (Lipinski definition) is 4. The lowest BCUT2D eigenvalue weighted by Crippen LogP contribution is -2.37. The third-order valence-electron chi connectivity index (χ3n) is 3.98. The summed E-state index contributed by atoms with van der Waals surface area (Å²) < 4.78 is 5.46. The Kier molecular flexibility index (Phi) is 5.44. The number of ether oxygens (including phenoxy) is 1. The van der Waals surface area contributed by atoms with Crippen molar-refractivity contribution in [3.63, 3.8) is 0 Å². The van der Waals surface area contributed by atoms with E-state index in [0.29, 0.717) is 30.2 Å². The van der Waals surface area contributed by atoms with Gasteiger partial charge in [-0.05, 0) is 31.9 Å². The predicted molar refractivity (Wildman–Crippen MR) is 82.3 cm³/mol. The summed E-state index contributed by atoms with van der Waals surface area (Å²) in [5.74, 6) is 0.386. The molecule has 2 atom stereocenters. The molecule has 1 fully saturated rings. The zero-order chi connectivity index (χ0) is 15.2. The second-order valence-electron chi connectivity index (χ2n) is 5.48. The normalized spacial score (nSPS) is 21.8. The maximum absolute atomic E-state index is 12.4. The van der Waals surface area contributed by atoms with Gasteiger partial charge < -0.3 is 20.9 Å². The number of nitrogens with two attached hydrogens (primary N) is 1. The molecule has 4 N–H and O–H groups in total. The van der Waals surface area contributed by atoms with E-state index < -0.39 is 0 Å². The Hall–Kier alpha value is -1.75. The van der Waals surface area contributed by atoms with E-state index in [-0.39, 0.29) is 17.9 Å². The van der Waals surface area contributed by atoms with Crippen LogP contribution in [-0.2, 0) is 0 Å². The fourth-order valence-electron chi connectivity index (χ4n) is 2.81. The standard InChI is InChI=1S/C16H24N2O3/c1-2-21-14-9-5-7-12(17)15(14)16(20)18-10-11-6-3-4-8-13(11)19/h5,7,9,11,13,19H,2-4,6,8,10,17H2,1H3,(H,18,20). The second kappa shape index (κ2) is 7.31. The molecular formula is C16H24N2O3. The summed E-state index contributed by atoms with van der Waals surface area (Å²) in [5.41, 5.74) is 6.68. The van der Waals surface area contributed by atoms with Gasteiger partial charge in [-0.3, -0.25) is 4.79 Å². The number of nitrogens with one attached hydrogen (secondary N) is 1. The summed E-state index contributed by atoms with van der Waals surface area (Å²) in [6.45, 7) is 2.81. The predicted octanol–water partition coefficient (Wildman–Crippen LogP) is 1.95. The van der Waals surface area contributed by atoms with Gasteiger partial charge in [-0.25, -0.2) is 0 Å². The van der Waals surface area contributed by atoms with Gasteiger partial charge in [0, 0.05) is 18.2 Å². The topological polar surface area (TPSA) is 84.6 Å². The monoisotopic (exact) mass is 292 g/mol. The molecule has 2 rings (SSSR count). The molecule has 0 bridgehead atoms. The lowest BCUT2D eigenvalue weighted by Gasteiger charge is -2.27. The van der Waals surface area contributed by atoms with Crippen LogP contribution in [0.5, 0.6) is 5.75 Å². The van der Waals surface area contributed by atoms with Crippen LogP contribution in [0.25, 0.3) is 0 Å². The summed E-state index contributed by atoms with van der Waals surface area (Å²) in [6.07, 6.45) is 3.61. The van der Waals surface area contributed by atoms with Crippen molar-refractivity contribution < 1.29 is 14.6 Å². The van der Waals surface area contributed by atoms with Gasteiger partial charge in [0.1, 0.15) is 11.3 Å². The molecule has 0 spiro atoms. The SMILES string of the molecule is CCOc1cccc(N)c1C(=O)NCC1CCCCC1O. The van der Waals surface area contributed by atoms with Gasteiger partial charge in [0.05, 0.1) is 12.7 Å². The highest BCUT2D eigenvalue weighted by molar-refractivity contribution is 6.01. The van der Waals surface area contributed by atoms with E-state index in [1.165, 1.54) is 0 Å². The molecule has 21 heavy (non-hydrogen) atoms. The van der Waals surface area contributed by atoms with Crippen molar-refractivity contribution in [3.8, 4) is 5.75 Å². The number of carbonyl (C=O) groups excluding carboxylic acids is 1. The highest BCUT2D eigenvalue weighted by atomic mass is 16.5. The fraction of sp³-hybridized carbons (Fsp3) is 0.562. The average Bonchev–Trinajstić information content (AvgIpc) is 2.47. The summed E-state index contributed by atoms with van der Waals surface area (Å²) >= 11 is 0. The quantitative estimate of drug-likeness (QED) is 0.724. The van der Waals surface area contributed by atoms with Crippen LogP contribution < -0.4 is 15.8 Å². The highest BCUT2D eigenvalue weighted by Gasteiger charge is 2.24. The minimum Gasteiger partial charge on any atom is -0.493 e. The van der Waals surface area contributed by atoms with Crippen molar-refractivity contribution in [3.05, 3.63) is 23.8 Å². The van der Waals surface area contributed by atoms with Gasteiger partial charge in [0.15, 0.2) is 0 Å². The molecule has 5 heteroatoms. The number of anilines is 1. The van der Waals surface area contributed by atoms with Crippen LogP contribution in [-0.4, -0.2) is 30.3 Å². The Labute approximate surface area is 125 Å². The number of hydrogen-bond donors (Lipinski definition) is 3. The second-order valence-corrected chi connectivity index (χ2v) is 5.48. The lowest BCUT2D eigenvalue weighted by atomic mass is 9.86. The molecule has 0 aromatic heterocycles. The number of amides is 1. The van der Waals surface area contributed by atoms with Crippen molar-refractivity contribution >= 4 is 11.6 Å². The summed E-state index contributed by atoms with van der Waals surface area (Å²) in [6, 6.07) is 5.19. The third kappa shape index (κ3) is 3.88. The molecule has 1 aliphatic carbocycles. The Morgan fingerprint density at radius 2 is 2.19 bits per heavy atom. The molecule has 1 aromatic rings. The number of benzene rings is 1. The molecule has 0 aliphatic heterocycles. The van der Waals surface area contributed by atoms with Crippen molar-refractivity contribution in [1.82, 2.24) is 5.32 Å². The van der Waals surface area contributed by atoms with Crippen LogP contribution >= 0.6 is 0 Å². The molecule has 1 aromatic carbocycles. The van der Waals surface area contributed by atoms with Crippen LogP contribution in [0.15, 0.2) is 18.2 Å². The molecule has 1 amide bonds. The Morgan fingerprint density at radius 3 is 2.90 bits per heavy atom. The number of aliphatic hydroxyl groups excluding tert-OH is 1. The van der Waals surface area contributed by atoms with Crippen LogP contribution in [0.3, 0.4) is 0 Å². The molecule has 2 unspecified atom stereocenters. The van der Waals surface area contributed by atoms with Gasteiger partial charge in [-0.15, -0.1) is 0 Å². The van der Waals surface area contributed by atoms with Crippen LogP contribution in [0.4, 0.5) is 5.69 Å². The van der Waals surface area contributed by atoms with Crippen molar-refractivity contribution in [1.29, 1.82) is 0 Å². The summed E-state index contributed by atoms with van der Waals surface area (Å²) in [7, 11) is 0. The molecule has 5 nitrogen and oxygen atoms in total. The van der Waals surface area contributed by atoms with E-state index in [9.17, 15) is 9.90 Å². The first-order chi connectivity index (χ1) is 10.1. The Bertz CT molecular complexity index is 490. The van der Waals surface area contributed by atoms with Gasteiger partial charge in [-0.2, -0.15) is 0 Å².